The first-order valence-corrected chi connectivity index (χ1v) is 5.55. The molecule has 16 heavy (non-hydrogen) atoms. The van der Waals surface area contributed by atoms with E-state index in [2.05, 4.69) is 9.88 Å². The predicted octanol–water partition coefficient (Wildman–Crippen LogP) is -0.0655. The van der Waals surface area contributed by atoms with Crippen LogP contribution in [-0.4, -0.2) is 28.7 Å². The van der Waals surface area contributed by atoms with Gasteiger partial charge in [-0.1, -0.05) is 0 Å². The fourth-order valence-electron chi connectivity index (χ4n) is 2.06. The summed E-state index contributed by atoms with van der Waals surface area (Å²) in [6.07, 6.45) is 0.961. The molecule has 1 atom stereocenters. The van der Waals surface area contributed by atoms with Crippen molar-refractivity contribution in [1.29, 1.82) is 0 Å². The molecule has 5 heteroatoms. The lowest BCUT2D eigenvalue weighted by molar-refractivity contribution is 0.729. The summed E-state index contributed by atoms with van der Waals surface area (Å²) in [5.74, 6) is 0.737. The van der Waals surface area contributed by atoms with Crippen LogP contribution in [0.3, 0.4) is 0 Å². The van der Waals surface area contributed by atoms with Gasteiger partial charge in [-0.15, -0.1) is 0 Å². The number of nitrogens with two attached hydrogens (primary N) is 1. The fraction of sp³-hybridized carbons (Fsp3) is 0.636. The lowest BCUT2D eigenvalue weighted by Crippen LogP contribution is -2.33. The largest absolute Gasteiger partial charge is 0.341 e. The third-order valence-corrected chi connectivity index (χ3v) is 3.24. The zero-order valence-electron chi connectivity index (χ0n) is 10.0. The molecular formula is C11H18N4O. The molecule has 1 aromatic rings. The van der Waals surface area contributed by atoms with Crippen molar-refractivity contribution in [1.82, 2.24) is 9.55 Å². The van der Waals surface area contributed by atoms with Crippen LogP contribution >= 0.6 is 0 Å². The minimum absolute atomic E-state index is 0.0305. The summed E-state index contributed by atoms with van der Waals surface area (Å²) in [6, 6.07) is 0.193. The number of aromatic nitrogens is 2. The summed E-state index contributed by atoms with van der Waals surface area (Å²) in [4.78, 5) is 18.5. The molecule has 1 aromatic heterocycles. The minimum Gasteiger partial charge on any atom is -0.341 e. The first-order valence-electron chi connectivity index (χ1n) is 5.55. The molecule has 0 saturated carbocycles. The molecule has 1 aliphatic heterocycles. The van der Waals surface area contributed by atoms with Crippen LogP contribution in [0, 0.1) is 13.8 Å². The van der Waals surface area contributed by atoms with E-state index in [1.807, 2.05) is 13.8 Å². The molecule has 88 valence electrons. The van der Waals surface area contributed by atoms with Gasteiger partial charge in [0.2, 0.25) is 5.95 Å². The van der Waals surface area contributed by atoms with Crippen molar-refractivity contribution < 1.29 is 0 Å². The van der Waals surface area contributed by atoms with Crippen molar-refractivity contribution in [2.75, 3.05) is 18.0 Å². The van der Waals surface area contributed by atoms with Crippen LogP contribution in [0.4, 0.5) is 5.95 Å². The third kappa shape index (κ3) is 1.71. The van der Waals surface area contributed by atoms with Crippen LogP contribution in [-0.2, 0) is 7.05 Å². The highest BCUT2D eigenvalue weighted by atomic mass is 16.1. The predicted molar refractivity (Wildman–Crippen MR) is 63.8 cm³/mol. The maximum absolute atomic E-state index is 11.9. The number of rotatable bonds is 1. The van der Waals surface area contributed by atoms with Crippen molar-refractivity contribution in [2.45, 2.75) is 26.3 Å². The Morgan fingerprint density at radius 3 is 2.69 bits per heavy atom. The average molecular weight is 222 g/mol. The van der Waals surface area contributed by atoms with E-state index in [9.17, 15) is 4.79 Å². The van der Waals surface area contributed by atoms with Gasteiger partial charge in [-0.25, -0.2) is 4.98 Å². The van der Waals surface area contributed by atoms with E-state index in [1.54, 1.807) is 11.6 Å². The Hall–Kier alpha value is -1.36. The molecule has 0 bridgehead atoms. The molecule has 0 aliphatic carbocycles. The zero-order chi connectivity index (χ0) is 11.9. The number of nitrogens with zero attached hydrogens (tertiary/aromatic N) is 3. The van der Waals surface area contributed by atoms with Crippen molar-refractivity contribution in [3.05, 3.63) is 21.6 Å². The summed E-state index contributed by atoms with van der Waals surface area (Å²) in [5, 5.41) is 0. The van der Waals surface area contributed by atoms with Gasteiger partial charge in [-0.05, 0) is 20.3 Å². The summed E-state index contributed by atoms with van der Waals surface area (Å²) in [7, 11) is 1.76. The van der Waals surface area contributed by atoms with E-state index in [4.69, 9.17) is 5.73 Å². The van der Waals surface area contributed by atoms with Crippen LogP contribution in [0.25, 0.3) is 0 Å². The molecule has 1 saturated heterocycles. The zero-order valence-corrected chi connectivity index (χ0v) is 10.0. The standard InChI is InChI=1S/C11H18N4O/c1-7-8(2)13-11(14(3)10(7)16)15-5-4-9(12)6-15/h9H,4-6,12H2,1-3H3/t9-/m0/s1. The highest BCUT2D eigenvalue weighted by molar-refractivity contribution is 5.36. The lowest BCUT2D eigenvalue weighted by atomic mass is 10.3. The molecule has 2 heterocycles. The number of hydrogen-bond acceptors (Lipinski definition) is 4. The first-order chi connectivity index (χ1) is 7.50. The molecule has 5 nitrogen and oxygen atoms in total. The van der Waals surface area contributed by atoms with E-state index in [1.165, 1.54) is 0 Å². The van der Waals surface area contributed by atoms with Crippen molar-refractivity contribution in [3.8, 4) is 0 Å². The molecule has 0 spiro atoms. The van der Waals surface area contributed by atoms with Gasteiger partial charge in [0.1, 0.15) is 0 Å². The van der Waals surface area contributed by atoms with Crippen molar-refractivity contribution in [3.63, 3.8) is 0 Å². The van der Waals surface area contributed by atoms with Gasteiger partial charge in [0.15, 0.2) is 0 Å². The van der Waals surface area contributed by atoms with Gasteiger partial charge in [0, 0.05) is 37.4 Å². The third-order valence-electron chi connectivity index (χ3n) is 3.24. The highest BCUT2D eigenvalue weighted by Crippen LogP contribution is 2.16. The Labute approximate surface area is 94.9 Å². The van der Waals surface area contributed by atoms with Gasteiger partial charge in [0.05, 0.1) is 0 Å². The van der Waals surface area contributed by atoms with E-state index >= 15 is 0 Å². The SMILES string of the molecule is Cc1nc(N2CC[C@H](N)C2)n(C)c(=O)c1C. The Morgan fingerprint density at radius 2 is 2.12 bits per heavy atom. The van der Waals surface area contributed by atoms with E-state index in [0.717, 1.165) is 36.7 Å². The fourth-order valence-corrected chi connectivity index (χ4v) is 2.06. The second-order valence-corrected chi connectivity index (χ2v) is 4.48. The first kappa shape index (κ1) is 11.1. The normalized spacial score (nSPS) is 20.5. The van der Waals surface area contributed by atoms with E-state index in [-0.39, 0.29) is 11.6 Å². The topological polar surface area (TPSA) is 64.2 Å². The van der Waals surface area contributed by atoms with E-state index in [0.29, 0.717) is 0 Å². The van der Waals surface area contributed by atoms with Crippen molar-refractivity contribution >= 4 is 5.95 Å². The molecule has 0 aromatic carbocycles. The smallest absolute Gasteiger partial charge is 0.257 e. The number of anilines is 1. The van der Waals surface area contributed by atoms with Crippen LogP contribution in [0.15, 0.2) is 4.79 Å². The average Bonchev–Trinajstić information content (AvgIpc) is 2.67. The quantitative estimate of drug-likeness (QED) is 0.722. The summed E-state index contributed by atoms with van der Waals surface area (Å²) < 4.78 is 1.61. The Bertz CT molecular complexity index is 466. The maximum Gasteiger partial charge on any atom is 0.257 e. The maximum atomic E-state index is 11.9. The molecule has 2 rings (SSSR count). The molecule has 1 fully saturated rings. The second kappa shape index (κ2) is 3.90. The van der Waals surface area contributed by atoms with E-state index < -0.39 is 0 Å². The van der Waals surface area contributed by atoms with Gasteiger partial charge in [-0.2, -0.15) is 0 Å². The van der Waals surface area contributed by atoms with Crippen LogP contribution in [0.5, 0.6) is 0 Å². The molecule has 2 N–H and O–H groups in total. The Morgan fingerprint density at radius 1 is 1.44 bits per heavy atom. The Balaban J connectivity index is 2.46. The van der Waals surface area contributed by atoms with Crippen LogP contribution < -0.4 is 16.2 Å². The summed E-state index contributed by atoms with van der Waals surface area (Å²) in [6.45, 7) is 5.34. The van der Waals surface area contributed by atoms with Crippen molar-refractivity contribution in [2.24, 2.45) is 12.8 Å². The van der Waals surface area contributed by atoms with Crippen LogP contribution in [0.1, 0.15) is 17.7 Å². The molecule has 0 amide bonds. The minimum atomic E-state index is 0.0305. The summed E-state index contributed by atoms with van der Waals surface area (Å²) >= 11 is 0. The lowest BCUT2D eigenvalue weighted by Gasteiger charge is -2.20. The van der Waals surface area contributed by atoms with Gasteiger partial charge in [-0.3, -0.25) is 9.36 Å². The van der Waals surface area contributed by atoms with Crippen LogP contribution in [0.2, 0.25) is 0 Å². The molecule has 0 unspecified atom stereocenters. The monoisotopic (exact) mass is 222 g/mol. The molecular weight excluding hydrogens is 204 g/mol. The number of aryl methyl sites for hydroxylation is 1. The summed E-state index contributed by atoms with van der Waals surface area (Å²) in [5.41, 5.74) is 7.41. The Kier molecular flexibility index (Phi) is 2.71. The van der Waals surface area contributed by atoms with Gasteiger partial charge >= 0.3 is 0 Å². The number of hydrogen-bond donors (Lipinski definition) is 1. The second-order valence-electron chi connectivity index (χ2n) is 4.48. The van der Waals surface area contributed by atoms with Gasteiger partial charge < -0.3 is 10.6 Å². The molecule has 1 aliphatic rings. The van der Waals surface area contributed by atoms with Gasteiger partial charge in [0.25, 0.3) is 5.56 Å². The molecule has 0 radical (unpaired) electrons. The highest BCUT2D eigenvalue weighted by Gasteiger charge is 2.23.